The van der Waals surface area contributed by atoms with Crippen molar-refractivity contribution in [3.8, 4) is 11.3 Å². The summed E-state index contributed by atoms with van der Waals surface area (Å²) in [5.41, 5.74) is 3.11. The van der Waals surface area contributed by atoms with Crippen molar-refractivity contribution in [3.63, 3.8) is 0 Å². The third kappa shape index (κ3) is 3.22. The van der Waals surface area contributed by atoms with Crippen LogP contribution in [0.15, 0.2) is 52.4 Å². The maximum Gasteiger partial charge on any atom is 0.262 e. The van der Waals surface area contributed by atoms with Gasteiger partial charge in [-0.05, 0) is 44.6 Å². The molecule has 0 aliphatic rings. The van der Waals surface area contributed by atoms with Crippen LogP contribution in [0.4, 0.5) is 0 Å². The number of benzene rings is 1. The molecule has 0 saturated heterocycles. The molecule has 2 N–H and O–H groups in total. The van der Waals surface area contributed by atoms with Crippen molar-refractivity contribution < 1.29 is 4.79 Å². The van der Waals surface area contributed by atoms with Crippen molar-refractivity contribution in [2.45, 2.75) is 6.54 Å². The lowest BCUT2D eigenvalue weighted by atomic mass is 10.1. The number of carbonyl (C=O) groups excluding carboxylic acids is 1. The predicted molar refractivity (Wildman–Crippen MR) is 87.2 cm³/mol. The second-order valence-corrected chi connectivity index (χ2v) is 6.22. The summed E-state index contributed by atoms with van der Waals surface area (Å²) < 4.78 is 0.833. The number of hydrogen-bond donors (Lipinski definition) is 2. The molecule has 2 aromatic heterocycles. The lowest BCUT2D eigenvalue weighted by Gasteiger charge is -2.05. The number of nitrogens with one attached hydrogen (secondary N) is 2. The number of hydrogen-bond acceptors (Lipinski definition) is 3. The topological polar surface area (TPSA) is 57.8 Å². The highest BCUT2D eigenvalue weighted by molar-refractivity contribution is 9.10. The highest BCUT2D eigenvalue weighted by atomic mass is 79.9. The molecule has 0 saturated carbocycles. The first-order valence-corrected chi connectivity index (χ1v) is 8.01. The van der Waals surface area contributed by atoms with Gasteiger partial charge in [-0.2, -0.15) is 5.10 Å². The molecule has 1 aromatic carbocycles. The number of aromatic amines is 1. The van der Waals surface area contributed by atoms with E-state index in [0.717, 1.165) is 21.3 Å². The SMILES string of the molecule is O=C(NCc1ccc(-c2ccn[nH]2)cc1)c1sccc1Br. The molecule has 3 rings (SSSR count). The van der Waals surface area contributed by atoms with Gasteiger partial charge in [-0.3, -0.25) is 9.89 Å². The van der Waals surface area contributed by atoms with Crippen LogP contribution in [0, 0.1) is 0 Å². The standard InChI is InChI=1S/C15H12BrN3OS/c16-12-6-8-21-14(12)15(20)17-9-10-1-3-11(4-2-10)13-5-7-18-19-13/h1-8H,9H2,(H,17,20)(H,18,19). The molecule has 0 aliphatic heterocycles. The molecule has 1 amide bonds. The second kappa shape index (κ2) is 6.24. The Morgan fingerprint density at radius 1 is 1.24 bits per heavy atom. The van der Waals surface area contributed by atoms with Crippen molar-refractivity contribution >= 4 is 33.2 Å². The summed E-state index contributed by atoms with van der Waals surface area (Å²) in [6, 6.07) is 11.8. The molecule has 0 bridgehead atoms. The third-order valence-electron chi connectivity index (χ3n) is 3.04. The number of H-pyrrole nitrogens is 1. The van der Waals surface area contributed by atoms with Gasteiger partial charge in [0.1, 0.15) is 4.88 Å². The fourth-order valence-electron chi connectivity index (χ4n) is 1.94. The molecule has 0 fully saturated rings. The minimum absolute atomic E-state index is 0.0606. The van der Waals surface area contributed by atoms with Gasteiger partial charge in [0.05, 0.1) is 5.69 Å². The van der Waals surface area contributed by atoms with Crippen molar-refractivity contribution in [3.05, 3.63) is 62.9 Å². The summed E-state index contributed by atoms with van der Waals surface area (Å²) in [5.74, 6) is -0.0606. The van der Waals surface area contributed by atoms with Crippen LogP contribution in [-0.2, 0) is 6.54 Å². The van der Waals surface area contributed by atoms with Gasteiger partial charge in [0.15, 0.2) is 0 Å². The van der Waals surface area contributed by atoms with E-state index >= 15 is 0 Å². The van der Waals surface area contributed by atoms with Crippen LogP contribution in [-0.4, -0.2) is 16.1 Å². The molecule has 0 aliphatic carbocycles. The van der Waals surface area contributed by atoms with Gasteiger partial charge in [-0.25, -0.2) is 0 Å². The van der Waals surface area contributed by atoms with Gasteiger partial charge >= 0.3 is 0 Å². The van der Waals surface area contributed by atoms with Crippen LogP contribution in [0.2, 0.25) is 0 Å². The van der Waals surface area contributed by atoms with Crippen LogP contribution in [0.5, 0.6) is 0 Å². The Kier molecular flexibility index (Phi) is 4.17. The molecule has 106 valence electrons. The van der Waals surface area contributed by atoms with Gasteiger partial charge in [-0.15, -0.1) is 11.3 Å². The molecule has 0 spiro atoms. The first-order valence-electron chi connectivity index (χ1n) is 6.34. The Morgan fingerprint density at radius 2 is 2.05 bits per heavy atom. The Hall–Kier alpha value is -1.92. The van der Waals surface area contributed by atoms with E-state index in [-0.39, 0.29) is 5.91 Å². The zero-order chi connectivity index (χ0) is 14.7. The second-order valence-electron chi connectivity index (χ2n) is 4.45. The summed E-state index contributed by atoms with van der Waals surface area (Å²) in [4.78, 5) is 12.7. The van der Waals surface area contributed by atoms with Crippen LogP contribution in [0.25, 0.3) is 11.3 Å². The maximum atomic E-state index is 12.0. The number of rotatable bonds is 4. The Bertz CT molecular complexity index is 735. The van der Waals surface area contributed by atoms with E-state index in [1.54, 1.807) is 6.20 Å². The minimum atomic E-state index is -0.0606. The molecule has 0 unspecified atom stereocenters. The highest BCUT2D eigenvalue weighted by Gasteiger charge is 2.10. The average Bonchev–Trinajstić information content (AvgIpc) is 3.16. The van der Waals surface area contributed by atoms with E-state index in [0.29, 0.717) is 11.4 Å². The van der Waals surface area contributed by atoms with Gasteiger partial charge < -0.3 is 5.32 Å². The highest BCUT2D eigenvalue weighted by Crippen LogP contribution is 2.22. The lowest BCUT2D eigenvalue weighted by molar-refractivity contribution is 0.0954. The monoisotopic (exact) mass is 361 g/mol. The van der Waals surface area contributed by atoms with Crippen LogP contribution in [0.1, 0.15) is 15.2 Å². The van der Waals surface area contributed by atoms with E-state index in [4.69, 9.17) is 0 Å². The van der Waals surface area contributed by atoms with E-state index in [9.17, 15) is 4.79 Å². The molecule has 6 heteroatoms. The van der Waals surface area contributed by atoms with E-state index in [1.807, 2.05) is 41.8 Å². The fraction of sp³-hybridized carbons (Fsp3) is 0.0667. The van der Waals surface area contributed by atoms with Crippen LogP contribution < -0.4 is 5.32 Å². The number of thiophene rings is 1. The average molecular weight is 362 g/mol. The van der Waals surface area contributed by atoms with Gasteiger partial charge in [0, 0.05) is 17.2 Å². The summed E-state index contributed by atoms with van der Waals surface area (Å²) in [6.07, 6.45) is 1.72. The molecule has 4 nitrogen and oxygen atoms in total. The summed E-state index contributed by atoms with van der Waals surface area (Å²) in [7, 11) is 0. The largest absolute Gasteiger partial charge is 0.347 e. The Morgan fingerprint density at radius 3 is 2.67 bits per heavy atom. The normalized spacial score (nSPS) is 10.5. The number of aromatic nitrogens is 2. The van der Waals surface area contributed by atoms with Crippen molar-refractivity contribution in [1.82, 2.24) is 15.5 Å². The summed E-state index contributed by atoms with van der Waals surface area (Å²) >= 11 is 4.79. The van der Waals surface area contributed by atoms with Crippen LogP contribution in [0.3, 0.4) is 0 Å². The third-order valence-corrected chi connectivity index (χ3v) is 4.88. The summed E-state index contributed by atoms with van der Waals surface area (Å²) in [6.45, 7) is 0.506. The molecule has 21 heavy (non-hydrogen) atoms. The fourth-order valence-corrected chi connectivity index (χ4v) is 3.40. The van der Waals surface area contributed by atoms with Crippen molar-refractivity contribution in [2.24, 2.45) is 0 Å². The van der Waals surface area contributed by atoms with Crippen molar-refractivity contribution in [1.29, 1.82) is 0 Å². The van der Waals surface area contributed by atoms with Gasteiger partial charge in [0.25, 0.3) is 5.91 Å². The predicted octanol–water partition coefficient (Wildman–Crippen LogP) is 3.83. The van der Waals surface area contributed by atoms with Crippen LogP contribution >= 0.6 is 27.3 Å². The summed E-state index contributed by atoms with van der Waals surface area (Å²) in [5, 5.41) is 11.7. The lowest BCUT2D eigenvalue weighted by Crippen LogP contribution is -2.22. The number of halogens is 1. The molecular weight excluding hydrogens is 350 g/mol. The molecular formula is C15H12BrN3OS. The minimum Gasteiger partial charge on any atom is -0.347 e. The van der Waals surface area contributed by atoms with Gasteiger partial charge in [0.2, 0.25) is 0 Å². The quantitative estimate of drug-likeness (QED) is 0.741. The number of carbonyl (C=O) groups is 1. The van der Waals surface area contributed by atoms with E-state index < -0.39 is 0 Å². The van der Waals surface area contributed by atoms with Crippen molar-refractivity contribution in [2.75, 3.05) is 0 Å². The molecule has 3 aromatic rings. The first-order chi connectivity index (χ1) is 10.2. The Labute approximate surface area is 134 Å². The molecule has 0 atom stereocenters. The molecule has 2 heterocycles. The van der Waals surface area contributed by atoms with Gasteiger partial charge in [-0.1, -0.05) is 24.3 Å². The zero-order valence-corrected chi connectivity index (χ0v) is 13.4. The Balaban J connectivity index is 1.64. The van der Waals surface area contributed by atoms with E-state index in [1.165, 1.54) is 11.3 Å². The number of nitrogens with zero attached hydrogens (tertiary/aromatic N) is 1. The number of amides is 1. The maximum absolute atomic E-state index is 12.0. The first kappa shape index (κ1) is 14.0. The molecule has 0 radical (unpaired) electrons. The zero-order valence-electron chi connectivity index (χ0n) is 11.0. The van der Waals surface area contributed by atoms with E-state index in [2.05, 4.69) is 31.4 Å². The smallest absolute Gasteiger partial charge is 0.262 e.